The highest BCUT2D eigenvalue weighted by atomic mass is 35.5. The number of amides is 1. The lowest BCUT2D eigenvalue weighted by molar-refractivity contribution is -0.115. The molecule has 3 N–H and O–H groups in total. The van der Waals surface area contributed by atoms with Crippen LogP contribution in [0, 0.1) is 6.92 Å². The average Bonchev–Trinajstić information content (AvgIpc) is 2.56. The van der Waals surface area contributed by atoms with Gasteiger partial charge in [0.2, 0.25) is 5.91 Å². The quantitative estimate of drug-likeness (QED) is 0.559. The standard InChI is InChI=1S/C18H15ClN2O3S/c1-11-14(17(23)24)3-2-4-15(11)20-18(25)21-16(22)10-7-12-5-8-13(19)9-6-12/h2-10H,1H3,(H,23,24)(H2,20,21,22,25)/b10-7+. The van der Waals surface area contributed by atoms with Crippen molar-refractivity contribution in [3.8, 4) is 0 Å². The van der Waals surface area contributed by atoms with Crippen molar-refractivity contribution in [2.75, 3.05) is 5.32 Å². The van der Waals surface area contributed by atoms with Gasteiger partial charge < -0.3 is 10.4 Å². The summed E-state index contributed by atoms with van der Waals surface area (Å²) in [7, 11) is 0. The fourth-order valence-electron chi connectivity index (χ4n) is 2.06. The smallest absolute Gasteiger partial charge is 0.336 e. The zero-order valence-corrected chi connectivity index (χ0v) is 14.8. The molecule has 0 heterocycles. The van der Waals surface area contributed by atoms with Crippen molar-refractivity contribution < 1.29 is 14.7 Å². The van der Waals surface area contributed by atoms with Gasteiger partial charge in [-0.25, -0.2) is 4.79 Å². The van der Waals surface area contributed by atoms with E-state index in [4.69, 9.17) is 28.9 Å². The van der Waals surface area contributed by atoms with Gasteiger partial charge in [-0.3, -0.25) is 10.1 Å². The van der Waals surface area contributed by atoms with Crippen LogP contribution in [0.15, 0.2) is 48.5 Å². The van der Waals surface area contributed by atoms with Gasteiger partial charge in [-0.1, -0.05) is 29.8 Å². The number of benzene rings is 2. The number of aromatic carboxylic acids is 1. The highest BCUT2D eigenvalue weighted by Gasteiger charge is 2.11. The van der Waals surface area contributed by atoms with Crippen LogP contribution in [0.25, 0.3) is 6.08 Å². The van der Waals surface area contributed by atoms with Crippen LogP contribution < -0.4 is 10.6 Å². The predicted molar refractivity (Wildman–Crippen MR) is 103 cm³/mol. The van der Waals surface area contributed by atoms with E-state index in [1.54, 1.807) is 49.4 Å². The van der Waals surface area contributed by atoms with Gasteiger partial charge in [-0.2, -0.15) is 0 Å². The van der Waals surface area contributed by atoms with Crippen molar-refractivity contribution >= 4 is 52.6 Å². The molecule has 0 spiro atoms. The number of carboxylic acids is 1. The third kappa shape index (κ3) is 5.41. The summed E-state index contributed by atoms with van der Waals surface area (Å²) in [6, 6.07) is 11.8. The first kappa shape index (κ1) is 18.6. The Hall–Kier alpha value is -2.70. The van der Waals surface area contributed by atoms with Crippen LogP contribution in [-0.4, -0.2) is 22.1 Å². The fourth-order valence-corrected chi connectivity index (χ4v) is 2.39. The molecule has 0 aromatic heterocycles. The molecule has 0 atom stereocenters. The van der Waals surface area contributed by atoms with Gasteiger partial charge in [0.1, 0.15) is 0 Å². The molecule has 0 bridgehead atoms. The summed E-state index contributed by atoms with van der Waals surface area (Å²) >= 11 is 10.9. The van der Waals surface area contributed by atoms with Crippen LogP contribution in [0.3, 0.4) is 0 Å². The number of thiocarbonyl (C=S) groups is 1. The lowest BCUT2D eigenvalue weighted by Gasteiger charge is -2.12. The number of halogens is 1. The lowest BCUT2D eigenvalue weighted by Crippen LogP contribution is -2.33. The molecule has 0 radical (unpaired) electrons. The maximum atomic E-state index is 11.9. The van der Waals surface area contributed by atoms with Crippen molar-refractivity contribution in [3.63, 3.8) is 0 Å². The molecule has 0 saturated heterocycles. The summed E-state index contributed by atoms with van der Waals surface area (Å²) in [4.78, 5) is 23.0. The first-order valence-electron chi connectivity index (χ1n) is 7.25. The van der Waals surface area contributed by atoms with Gasteiger partial charge in [0, 0.05) is 16.8 Å². The number of rotatable bonds is 4. The van der Waals surface area contributed by atoms with Crippen molar-refractivity contribution in [1.29, 1.82) is 0 Å². The van der Waals surface area contributed by atoms with Crippen LogP contribution in [-0.2, 0) is 4.79 Å². The Balaban J connectivity index is 1.98. The van der Waals surface area contributed by atoms with Crippen molar-refractivity contribution in [3.05, 3.63) is 70.3 Å². The minimum atomic E-state index is -1.03. The van der Waals surface area contributed by atoms with Crippen LogP contribution in [0.2, 0.25) is 5.02 Å². The molecule has 25 heavy (non-hydrogen) atoms. The van der Waals surface area contributed by atoms with Gasteiger partial charge >= 0.3 is 5.97 Å². The van der Waals surface area contributed by atoms with E-state index in [0.29, 0.717) is 16.3 Å². The predicted octanol–water partition coefficient (Wildman–Crippen LogP) is 3.87. The highest BCUT2D eigenvalue weighted by molar-refractivity contribution is 7.80. The van der Waals surface area contributed by atoms with E-state index >= 15 is 0 Å². The molecule has 0 aliphatic carbocycles. The first-order chi connectivity index (χ1) is 11.9. The molecule has 0 saturated carbocycles. The minimum absolute atomic E-state index is 0.0800. The van der Waals surface area contributed by atoms with E-state index in [1.807, 2.05) is 0 Å². The number of carbonyl (C=O) groups excluding carboxylic acids is 1. The summed E-state index contributed by atoms with van der Waals surface area (Å²) in [6.45, 7) is 1.66. The molecule has 0 aliphatic heterocycles. The van der Waals surface area contributed by atoms with Gasteiger partial charge in [0.05, 0.1) is 5.56 Å². The van der Waals surface area contributed by atoms with Crippen molar-refractivity contribution in [1.82, 2.24) is 5.32 Å². The number of carbonyl (C=O) groups is 2. The van der Waals surface area contributed by atoms with Gasteiger partial charge in [-0.15, -0.1) is 0 Å². The Morgan fingerprint density at radius 2 is 1.84 bits per heavy atom. The summed E-state index contributed by atoms with van der Waals surface area (Å²) < 4.78 is 0. The number of anilines is 1. The summed E-state index contributed by atoms with van der Waals surface area (Å²) in [5, 5.41) is 15.1. The molecule has 1 amide bonds. The third-order valence-electron chi connectivity index (χ3n) is 3.35. The van der Waals surface area contributed by atoms with E-state index in [2.05, 4.69) is 10.6 Å². The zero-order chi connectivity index (χ0) is 18.4. The maximum Gasteiger partial charge on any atom is 0.336 e. The van der Waals surface area contributed by atoms with E-state index in [0.717, 1.165) is 5.56 Å². The Morgan fingerprint density at radius 1 is 1.16 bits per heavy atom. The second kappa shape index (κ2) is 8.41. The highest BCUT2D eigenvalue weighted by Crippen LogP contribution is 2.18. The van der Waals surface area contributed by atoms with Crippen LogP contribution >= 0.6 is 23.8 Å². The second-order valence-electron chi connectivity index (χ2n) is 5.11. The first-order valence-corrected chi connectivity index (χ1v) is 8.04. The molecule has 128 valence electrons. The number of nitrogens with one attached hydrogen (secondary N) is 2. The van der Waals surface area contributed by atoms with Gasteiger partial charge in [0.25, 0.3) is 0 Å². The molecular weight excluding hydrogens is 360 g/mol. The molecule has 2 aromatic rings. The molecule has 5 nitrogen and oxygen atoms in total. The average molecular weight is 375 g/mol. The Morgan fingerprint density at radius 3 is 2.48 bits per heavy atom. The maximum absolute atomic E-state index is 11.9. The topological polar surface area (TPSA) is 78.4 Å². The van der Waals surface area contributed by atoms with E-state index in [1.165, 1.54) is 12.1 Å². The van der Waals surface area contributed by atoms with Gasteiger partial charge in [-0.05, 0) is 60.6 Å². The Kier molecular flexibility index (Phi) is 6.27. The molecule has 2 rings (SSSR count). The second-order valence-corrected chi connectivity index (χ2v) is 5.96. The van der Waals surface area contributed by atoms with Crippen molar-refractivity contribution in [2.45, 2.75) is 6.92 Å². The Bertz CT molecular complexity index is 848. The number of carboxylic acid groups (broad SMARTS) is 1. The van der Waals surface area contributed by atoms with Crippen molar-refractivity contribution in [2.24, 2.45) is 0 Å². The normalized spacial score (nSPS) is 10.5. The van der Waals surface area contributed by atoms with Crippen LogP contribution in [0.5, 0.6) is 0 Å². The summed E-state index contributed by atoms with van der Waals surface area (Å²) in [5.41, 5.74) is 2.04. The third-order valence-corrected chi connectivity index (χ3v) is 3.80. The molecular formula is C18H15ClN2O3S. The van der Waals surface area contributed by atoms with Gasteiger partial charge in [0.15, 0.2) is 5.11 Å². The number of hydrogen-bond donors (Lipinski definition) is 3. The van der Waals surface area contributed by atoms with E-state index < -0.39 is 11.9 Å². The molecule has 0 unspecified atom stereocenters. The summed E-state index contributed by atoms with van der Waals surface area (Å²) in [6.07, 6.45) is 2.97. The SMILES string of the molecule is Cc1c(NC(=S)NC(=O)/C=C/c2ccc(Cl)cc2)cccc1C(=O)O. The van der Waals surface area contributed by atoms with Crippen LogP contribution in [0.4, 0.5) is 5.69 Å². The van der Waals surface area contributed by atoms with E-state index in [-0.39, 0.29) is 10.7 Å². The monoisotopic (exact) mass is 374 g/mol. The largest absolute Gasteiger partial charge is 0.478 e. The molecule has 2 aromatic carbocycles. The lowest BCUT2D eigenvalue weighted by atomic mass is 10.1. The fraction of sp³-hybridized carbons (Fsp3) is 0.0556. The van der Waals surface area contributed by atoms with E-state index in [9.17, 15) is 9.59 Å². The Labute approximate surface area is 155 Å². The molecule has 0 fully saturated rings. The van der Waals surface area contributed by atoms with Crippen LogP contribution in [0.1, 0.15) is 21.5 Å². The molecule has 7 heteroatoms. The molecule has 0 aliphatic rings. The summed E-state index contributed by atoms with van der Waals surface area (Å²) in [5.74, 6) is -1.43. The number of hydrogen-bond acceptors (Lipinski definition) is 3. The minimum Gasteiger partial charge on any atom is -0.478 e. The zero-order valence-electron chi connectivity index (χ0n) is 13.2.